The molecule has 1 nitrogen and oxygen atoms in total. The molecule has 0 aliphatic rings. The van der Waals surface area contributed by atoms with Crippen LogP contribution >= 0.6 is 22.6 Å². The molecule has 0 atom stereocenters. The highest BCUT2D eigenvalue weighted by atomic mass is 127. The molecule has 0 spiro atoms. The molecule has 1 aromatic carbocycles. The number of aryl methyl sites for hydroxylation is 1. The topological polar surface area (TPSA) is 0 Å². The van der Waals surface area contributed by atoms with Crippen molar-refractivity contribution in [3.63, 3.8) is 0 Å². The van der Waals surface area contributed by atoms with Crippen LogP contribution in [-0.2, 0) is 6.42 Å². The summed E-state index contributed by atoms with van der Waals surface area (Å²) in [6, 6.07) is 9.03. The average Bonchev–Trinajstić information content (AvgIpc) is 2.58. The average molecular weight is 430 g/mol. The van der Waals surface area contributed by atoms with Crippen LogP contribution in [0, 0.1) is 3.57 Å². The maximum Gasteiger partial charge on any atom is 0.0786 e. The molecule has 132 valence electrons. The van der Waals surface area contributed by atoms with Gasteiger partial charge in [-0.3, -0.25) is 0 Å². The number of hydrogen-bond donors (Lipinski definition) is 0. The molecule has 0 fully saturated rings. The molecular formula is C21H37IN+. The fourth-order valence-electron chi connectivity index (χ4n) is 3.45. The molecule has 1 rings (SSSR count). The lowest BCUT2D eigenvalue weighted by atomic mass is 10.1. The quantitative estimate of drug-likeness (QED) is 0.192. The summed E-state index contributed by atoms with van der Waals surface area (Å²) in [5.74, 6) is 0. The van der Waals surface area contributed by atoms with Crippen molar-refractivity contribution < 1.29 is 4.48 Å². The number of benzene rings is 1. The molecule has 0 N–H and O–H groups in total. The summed E-state index contributed by atoms with van der Waals surface area (Å²) >= 11 is 2.38. The molecule has 1 aromatic rings. The number of unbranched alkanes of at least 4 members (excludes halogenated alkanes) is 5. The van der Waals surface area contributed by atoms with E-state index in [2.05, 4.69) is 67.6 Å². The summed E-state index contributed by atoms with van der Waals surface area (Å²) < 4.78 is 2.67. The number of hydrogen-bond acceptors (Lipinski definition) is 0. The summed E-state index contributed by atoms with van der Waals surface area (Å²) in [5, 5.41) is 0. The normalized spacial score (nSPS) is 11.8. The van der Waals surface area contributed by atoms with E-state index in [9.17, 15) is 0 Å². The van der Waals surface area contributed by atoms with Crippen LogP contribution in [0.2, 0.25) is 0 Å². The molecular weight excluding hydrogens is 393 g/mol. The van der Waals surface area contributed by atoms with Gasteiger partial charge in [-0.05, 0) is 86.2 Å². The van der Waals surface area contributed by atoms with Gasteiger partial charge in [0.15, 0.2) is 0 Å². The van der Waals surface area contributed by atoms with Gasteiger partial charge in [0.1, 0.15) is 0 Å². The van der Waals surface area contributed by atoms with Crippen LogP contribution in [0.4, 0.5) is 0 Å². The number of rotatable bonds is 13. The van der Waals surface area contributed by atoms with Crippen LogP contribution < -0.4 is 0 Å². The van der Waals surface area contributed by atoms with Crippen LogP contribution in [0.15, 0.2) is 24.3 Å². The monoisotopic (exact) mass is 430 g/mol. The van der Waals surface area contributed by atoms with Crippen molar-refractivity contribution in [2.24, 2.45) is 0 Å². The van der Waals surface area contributed by atoms with Gasteiger partial charge < -0.3 is 4.48 Å². The summed E-state index contributed by atoms with van der Waals surface area (Å²) in [6.07, 6.45) is 11.0. The van der Waals surface area contributed by atoms with Crippen molar-refractivity contribution >= 4 is 22.6 Å². The minimum Gasteiger partial charge on any atom is -0.324 e. The SMILES string of the molecule is CCCCCCC[N+](CC)(CC)CCCCc1ccc(I)cc1. The third-order valence-corrected chi connectivity index (χ3v) is 6.06. The van der Waals surface area contributed by atoms with E-state index in [0.717, 1.165) is 0 Å². The van der Waals surface area contributed by atoms with E-state index < -0.39 is 0 Å². The van der Waals surface area contributed by atoms with Crippen molar-refractivity contribution in [2.45, 2.75) is 72.1 Å². The fourth-order valence-corrected chi connectivity index (χ4v) is 3.81. The Morgan fingerprint density at radius 1 is 0.739 bits per heavy atom. The number of halogens is 1. The first kappa shape index (κ1) is 21.0. The molecule has 0 radical (unpaired) electrons. The summed E-state index contributed by atoms with van der Waals surface area (Å²) in [7, 11) is 0. The van der Waals surface area contributed by atoms with E-state index in [-0.39, 0.29) is 0 Å². The molecule has 0 saturated heterocycles. The molecule has 0 bridgehead atoms. The summed E-state index contributed by atoms with van der Waals surface area (Å²) in [4.78, 5) is 0. The maximum absolute atomic E-state index is 2.38. The highest BCUT2D eigenvalue weighted by molar-refractivity contribution is 14.1. The molecule has 0 saturated carbocycles. The van der Waals surface area contributed by atoms with Gasteiger partial charge in [-0.25, -0.2) is 0 Å². The van der Waals surface area contributed by atoms with Crippen molar-refractivity contribution in [1.29, 1.82) is 0 Å². The van der Waals surface area contributed by atoms with Gasteiger partial charge in [0.25, 0.3) is 0 Å². The molecule has 0 aromatic heterocycles. The highest BCUT2D eigenvalue weighted by Gasteiger charge is 2.21. The second-order valence-corrected chi connectivity index (χ2v) is 8.16. The van der Waals surface area contributed by atoms with Gasteiger partial charge in [-0.2, -0.15) is 0 Å². The van der Waals surface area contributed by atoms with E-state index in [1.807, 2.05) is 0 Å². The minimum atomic E-state index is 1.24. The molecule has 0 amide bonds. The Hall–Kier alpha value is -0.0900. The third-order valence-electron chi connectivity index (χ3n) is 5.34. The van der Waals surface area contributed by atoms with Crippen LogP contribution in [0.5, 0.6) is 0 Å². The third kappa shape index (κ3) is 8.53. The van der Waals surface area contributed by atoms with Crippen LogP contribution in [-0.4, -0.2) is 30.7 Å². The van der Waals surface area contributed by atoms with Gasteiger partial charge in [0, 0.05) is 3.57 Å². The van der Waals surface area contributed by atoms with Gasteiger partial charge in [-0.1, -0.05) is 38.3 Å². The molecule has 2 heteroatoms. The molecule has 0 aliphatic carbocycles. The smallest absolute Gasteiger partial charge is 0.0786 e. The maximum atomic E-state index is 2.38. The van der Waals surface area contributed by atoms with Crippen LogP contribution in [0.1, 0.15) is 71.3 Å². The number of quaternary nitrogens is 1. The predicted octanol–water partition coefficient (Wildman–Crippen LogP) is 6.44. The first-order valence-electron chi connectivity index (χ1n) is 9.75. The molecule has 0 unspecified atom stereocenters. The lowest BCUT2D eigenvalue weighted by Gasteiger charge is -2.37. The predicted molar refractivity (Wildman–Crippen MR) is 112 cm³/mol. The van der Waals surface area contributed by atoms with Gasteiger partial charge in [0.05, 0.1) is 26.2 Å². The zero-order valence-electron chi connectivity index (χ0n) is 15.6. The first-order valence-corrected chi connectivity index (χ1v) is 10.8. The van der Waals surface area contributed by atoms with E-state index in [1.54, 1.807) is 0 Å². The summed E-state index contributed by atoms with van der Waals surface area (Å²) in [6.45, 7) is 12.4. The van der Waals surface area contributed by atoms with E-state index in [1.165, 1.54) is 91.2 Å². The lowest BCUT2D eigenvalue weighted by molar-refractivity contribution is -0.925. The Morgan fingerprint density at radius 3 is 1.87 bits per heavy atom. The highest BCUT2D eigenvalue weighted by Crippen LogP contribution is 2.15. The summed E-state index contributed by atoms with van der Waals surface area (Å²) in [5.41, 5.74) is 1.50. The van der Waals surface area contributed by atoms with E-state index in [0.29, 0.717) is 0 Å². The Balaban J connectivity index is 2.29. The van der Waals surface area contributed by atoms with Crippen LogP contribution in [0.25, 0.3) is 0 Å². The number of nitrogens with zero attached hydrogens (tertiary/aromatic N) is 1. The Labute approximate surface area is 158 Å². The van der Waals surface area contributed by atoms with E-state index in [4.69, 9.17) is 0 Å². The molecule has 23 heavy (non-hydrogen) atoms. The van der Waals surface area contributed by atoms with Crippen molar-refractivity contribution in [3.8, 4) is 0 Å². The zero-order valence-corrected chi connectivity index (χ0v) is 17.8. The second kappa shape index (κ2) is 12.3. The van der Waals surface area contributed by atoms with Crippen LogP contribution in [0.3, 0.4) is 0 Å². The molecule has 0 heterocycles. The van der Waals surface area contributed by atoms with Gasteiger partial charge >= 0.3 is 0 Å². The second-order valence-electron chi connectivity index (χ2n) is 6.92. The van der Waals surface area contributed by atoms with Crippen molar-refractivity contribution in [3.05, 3.63) is 33.4 Å². The van der Waals surface area contributed by atoms with Gasteiger partial charge in [-0.15, -0.1) is 0 Å². The lowest BCUT2D eigenvalue weighted by Crippen LogP contribution is -2.49. The Bertz CT molecular complexity index is 395. The zero-order chi connectivity index (χ0) is 17.0. The standard InChI is InChI=1S/C21H37IN/c1-4-7-8-9-11-18-23(5-2,6-3)19-12-10-13-20-14-16-21(22)17-15-20/h14-17H,4-13,18-19H2,1-3H3/q+1. The molecule has 0 aliphatic heterocycles. The minimum absolute atomic E-state index is 1.24. The van der Waals surface area contributed by atoms with E-state index >= 15 is 0 Å². The fraction of sp³-hybridized carbons (Fsp3) is 0.714. The van der Waals surface area contributed by atoms with Gasteiger partial charge in [0.2, 0.25) is 0 Å². The first-order chi connectivity index (χ1) is 11.2. The largest absolute Gasteiger partial charge is 0.324 e. The van der Waals surface area contributed by atoms with Crippen molar-refractivity contribution in [2.75, 3.05) is 26.2 Å². The Morgan fingerprint density at radius 2 is 1.30 bits per heavy atom. The Kier molecular flexibility index (Phi) is 11.2. The van der Waals surface area contributed by atoms with Crippen molar-refractivity contribution in [1.82, 2.24) is 0 Å².